The van der Waals surface area contributed by atoms with E-state index in [9.17, 15) is 4.79 Å². The lowest BCUT2D eigenvalue weighted by Gasteiger charge is -2.15. The van der Waals surface area contributed by atoms with Crippen molar-refractivity contribution in [2.45, 2.75) is 18.9 Å². The van der Waals surface area contributed by atoms with Gasteiger partial charge in [0.2, 0.25) is 0 Å². The van der Waals surface area contributed by atoms with E-state index in [-0.39, 0.29) is 5.56 Å². The van der Waals surface area contributed by atoms with Crippen molar-refractivity contribution in [3.8, 4) is 5.75 Å². The van der Waals surface area contributed by atoms with Gasteiger partial charge in [-0.05, 0) is 31.0 Å². The van der Waals surface area contributed by atoms with E-state index in [0.29, 0.717) is 18.5 Å². The maximum Gasteiger partial charge on any atom is 0.335 e. The largest absolute Gasteiger partial charge is 0.494 e. The highest BCUT2D eigenvalue weighted by molar-refractivity contribution is 5.87. The van der Waals surface area contributed by atoms with Crippen LogP contribution in [0.25, 0.3) is 0 Å². The van der Waals surface area contributed by atoms with Gasteiger partial charge in [-0.2, -0.15) is 0 Å². The molecular weight excluding hydrogens is 258 g/mol. The summed E-state index contributed by atoms with van der Waals surface area (Å²) in [6.45, 7) is 3.65. The Kier molecular flexibility index (Phi) is 5.38. The van der Waals surface area contributed by atoms with E-state index in [2.05, 4.69) is 4.90 Å². The molecule has 1 unspecified atom stereocenters. The Bertz CT molecular complexity index is 449. The monoisotopic (exact) mass is 279 g/mol. The van der Waals surface area contributed by atoms with Gasteiger partial charge in [0.05, 0.1) is 18.3 Å². The molecule has 0 aliphatic carbocycles. The first-order valence-electron chi connectivity index (χ1n) is 6.90. The van der Waals surface area contributed by atoms with E-state index >= 15 is 0 Å². The van der Waals surface area contributed by atoms with Crippen LogP contribution in [-0.4, -0.2) is 55.4 Å². The van der Waals surface area contributed by atoms with E-state index < -0.39 is 5.97 Å². The Hall–Kier alpha value is -1.59. The van der Waals surface area contributed by atoms with Crippen LogP contribution < -0.4 is 4.74 Å². The number of benzene rings is 1. The highest BCUT2D eigenvalue weighted by Crippen LogP contribution is 2.15. The van der Waals surface area contributed by atoms with Gasteiger partial charge in [-0.3, -0.25) is 0 Å². The minimum atomic E-state index is -0.932. The lowest BCUT2D eigenvalue weighted by Crippen LogP contribution is -2.25. The first-order chi connectivity index (χ1) is 9.69. The van der Waals surface area contributed by atoms with Gasteiger partial charge < -0.3 is 19.5 Å². The zero-order valence-corrected chi connectivity index (χ0v) is 11.7. The van der Waals surface area contributed by atoms with Crippen molar-refractivity contribution in [3.05, 3.63) is 29.8 Å². The molecule has 1 aliphatic heterocycles. The number of likely N-dealkylation sites (tertiary alicyclic amines) is 1. The van der Waals surface area contributed by atoms with E-state index in [4.69, 9.17) is 14.6 Å². The quantitative estimate of drug-likeness (QED) is 0.772. The second kappa shape index (κ2) is 7.26. The molecule has 1 heterocycles. The Balaban J connectivity index is 1.68. The molecule has 1 aliphatic rings. The SMILES string of the molecule is COC1CCN(CCCOc2cccc(C(=O)O)c2)C1. The predicted octanol–water partition coefficient (Wildman–Crippen LogP) is 1.87. The fourth-order valence-corrected chi connectivity index (χ4v) is 2.39. The summed E-state index contributed by atoms with van der Waals surface area (Å²) in [5.74, 6) is -0.320. The molecule has 0 radical (unpaired) electrons. The molecule has 0 aromatic heterocycles. The number of hydrogen-bond acceptors (Lipinski definition) is 4. The third kappa shape index (κ3) is 4.21. The lowest BCUT2D eigenvalue weighted by molar-refractivity contribution is 0.0696. The van der Waals surface area contributed by atoms with Gasteiger partial charge in [0, 0.05) is 26.7 Å². The average molecular weight is 279 g/mol. The van der Waals surface area contributed by atoms with Crippen molar-refractivity contribution in [2.24, 2.45) is 0 Å². The van der Waals surface area contributed by atoms with Crippen LogP contribution in [-0.2, 0) is 4.74 Å². The summed E-state index contributed by atoms with van der Waals surface area (Å²) in [5, 5.41) is 8.90. The molecular formula is C15H21NO4. The number of nitrogens with zero attached hydrogens (tertiary/aromatic N) is 1. The first-order valence-corrected chi connectivity index (χ1v) is 6.90. The van der Waals surface area contributed by atoms with Crippen LogP contribution in [0.5, 0.6) is 5.75 Å². The van der Waals surface area contributed by atoms with Crippen LogP contribution in [0.15, 0.2) is 24.3 Å². The van der Waals surface area contributed by atoms with Gasteiger partial charge in [-0.15, -0.1) is 0 Å². The first kappa shape index (κ1) is 14.8. The standard InChI is InChI=1S/C15H21NO4/c1-19-14-6-8-16(11-14)7-3-9-20-13-5-2-4-12(10-13)15(17)18/h2,4-5,10,14H,3,6-9,11H2,1H3,(H,17,18). The van der Waals surface area contributed by atoms with Gasteiger partial charge in [-0.25, -0.2) is 4.79 Å². The summed E-state index contributed by atoms with van der Waals surface area (Å²) in [6.07, 6.45) is 2.38. The molecule has 0 amide bonds. The van der Waals surface area contributed by atoms with E-state index in [1.54, 1.807) is 31.4 Å². The van der Waals surface area contributed by atoms with Crippen LogP contribution in [0.3, 0.4) is 0 Å². The maximum atomic E-state index is 10.8. The van der Waals surface area contributed by atoms with Gasteiger partial charge in [-0.1, -0.05) is 6.07 Å². The van der Waals surface area contributed by atoms with Crippen molar-refractivity contribution in [2.75, 3.05) is 33.4 Å². The summed E-state index contributed by atoms with van der Waals surface area (Å²) in [5.41, 5.74) is 0.255. The molecule has 2 rings (SSSR count). The number of ether oxygens (including phenoxy) is 2. The smallest absolute Gasteiger partial charge is 0.335 e. The number of carboxylic acids is 1. The van der Waals surface area contributed by atoms with E-state index in [1.807, 2.05) is 0 Å². The molecule has 1 fully saturated rings. The molecule has 0 spiro atoms. The number of aromatic carboxylic acids is 1. The topological polar surface area (TPSA) is 59.0 Å². The van der Waals surface area contributed by atoms with Crippen LogP contribution in [0.2, 0.25) is 0 Å². The minimum absolute atomic E-state index is 0.255. The molecule has 1 aromatic carbocycles. The van der Waals surface area contributed by atoms with Crippen LogP contribution >= 0.6 is 0 Å². The molecule has 5 nitrogen and oxygen atoms in total. The maximum absolute atomic E-state index is 10.8. The summed E-state index contributed by atoms with van der Waals surface area (Å²) in [7, 11) is 1.76. The fraction of sp³-hybridized carbons (Fsp3) is 0.533. The van der Waals surface area contributed by atoms with Gasteiger partial charge >= 0.3 is 5.97 Å². The molecule has 1 N–H and O–H groups in total. The highest BCUT2D eigenvalue weighted by atomic mass is 16.5. The Morgan fingerprint density at radius 1 is 1.50 bits per heavy atom. The zero-order chi connectivity index (χ0) is 14.4. The third-order valence-electron chi connectivity index (χ3n) is 3.53. The van der Waals surface area contributed by atoms with Gasteiger partial charge in [0.1, 0.15) is 5.75 Å². The lowest BCUT2D eigenvalue weighted by atomic mass is 10.2. The van der Waals surface area contributed by atoms with E-state index in [1.165, 1.54) is 0 Å². The van der Waals surface area contributed by atoms with Crippen molar-refractivity contribution in [1.82, 2.24) is 4.90 Å². The summed E-state index contributed by atoms with van der Waals surface area (Å²) in [4.78, 5) is 13.2. The van der Waals surface area contributed by atoms with Crippen molar-refractivity contribution in [3.63, 3.8) is 0 Å². The number of hydrogen-bond donors (Lipinski definition) is 1. The minimum Gasteiger partial charge on any atom is -0.494 e. The number of rotatable bonds is 7. The summed E-state index contributed by atoms with van der Waals surface area (Å²) in [6, 6.07) is 6.59. The molecule has 5 heteroatoms. The van der Waals surface area contributed by atoms with Crippen LogP contribution in [0, 0.1) is 0 Å². The average Bonchev–Trinajstić information content (AvgIpc) is 2.92. The van der Waals surface area contributed by atoms with Crippen molar-refractivity contribution in [1.29, 1.82) is 0 Å². The van der Waals surface area contributed by atoms with Crippen LogP contribution in [0.4, 0.5) is 0 Å². The Labute approximate surface area is 119 Å². The predicted molar refractivity (Wildman–Crippen MR) is 75.4 cm³/mol. The Morgan fingerprint density at radius 2 is 2.35 bits per heavy atom. The molecule has 1 saturated heterocycles. The van der Waals surface area contributed by atoms with Crippen molar-refractivity contribution < 1.29 is 19.4 Å². The molecule has 0 bridgehead atoms. The number of carboxylic acid groups (broad SMARTS) is 1. The van der Waals surface area contributed by atoms with Crippen LogP contribution in [0.1, 0.15) is 23.2 Å². The highest BCUT2D eigenvalue weighted by Gasteiger charge is 2.21. The Morgan fingerprint density at radius 3 is 3.05 bits per heavy atom. The number of carbonyl (C=O) groups is 1. The zero-order valence-electron chi connectivity index (χ0n) is 11.7. The van der Waals surface area contributed by atoms with Gasteiger partial charge in [0.15, 0.2) is 0 Å². The second-order valence-corrected chi connectivity index (χ2v) is 4.98. The van der Waals surface area contributed by atoms with Crippen molar-refractivity contribution >= 4 is 5.97 Å². The summed E-state index contributed by atoms with van der Waals surface area (Å²) < 4.78 is 10.9. The molecule has 1 aromatic rings. The second-order valence-electron chi connectivity index (χ2n) is 4.98. The van der Waals surface area contributed by atoms with E-state index in [0.717, 1.165) is 32.5 Å². The fourth-order valence-electron chi connectivity index (χ4n) is 2.39. The third-order valence-corrected chi connectivity index (χ3v) is 3.53. The molecule has 0 saturated carbocycles. The molecule has 20 heavy (non-hydrogen) atoms. The summed E-state index contributed by atoms with van der Waals surface area (Å²) >= 11 is 0. The number of methoxy groups -OCH3 is 1. The van der Waals surface area contributed by atoms with Gasteiger partial charge in [0.25, 0.3) is 0 Å². The molecule has 1 atom stereocenters. The molecule has 110 valence electrons. The normalized spacial score (nSPS) is 19.1.